The molecule has 132 valence electrons. The van der Waals surface area contributed by atoms with Crippen molar-refractivity contribution in [1.29, 1.82) is 0 Å². The highest BCUT2D eigenvalue weighted by Gasteiger charge is 2.30. The normalized spacial score (nSPS) is 18.8. The number of piperidine rings is 1. The first kappa shape index (κ1) is 19.4. The molecule has 1 rings (SSSR count). The van der Waals surface area contributed by atoms with Crippen LogP contribution < -0.4 is 0 Å². The van der Waals surface area contributed by atoms with Crippen LogP contribution in [0.3, 0.4) is 0 Å². The van der Waals surface area contributed by atoms with Crippen molar-refractivity contribution >= 4 is 27.6 Å². The molecule has 8 nitrogen and oxygen atoms in total. The largest absolute Gasteiger partial charge is 0.481 e. The fourth-order valence-electron chi connectivity index (χ4n) is 2.25. The third-order valence-corrected chi connectivity index (χ3v) is 6.05. The van der Waals surface area contributed by atoms with Crippen LogP contribution in [0.25, 0.3) is 0 Å². The van der Waals surface area contributed by atoms with E-state index in [1.807, 2.05) is 0 Å². The zero-order chi connectivity index (χ0) is 17.8. The number of nitrogens with zero attached hydrogens (tertiary/aromatic N) is 2. The predicted molar refractivity (Wildman–Crippen MR) is 83.5 cm³/mol. The Morgan fingerprint density at radius 3 is 2.43 bits per heavy atom. The summed E-state index contributed by atoms with van der Waals surface area (Å²) < 4.78 is 23.5. The maximum atomic E-state index is 12.2. The van der Waals surface area contributed by atoms with E-state index in [9.17, 15) is 22.8 Å². The maximum absolute atomic E-state index is 12.2. The summed E-state index contributed by atoms with van der Waals surface area (Å²) >= 11 is 0. The first-order valence-corrected chi connectivity index (χ1v) is 9.22. The minimum Gasteiger partial charge on any atom is -0.481 e. The van der Waals surface area contributed by atoms with Crippen LogP contribution in [0.15, 0.2) is 0 Å². The predicted octanol–water partition coefficient (Wildman–Crippen LogP) is -0.409. The Morgan fingerprint density at radius 1 is 1.30 bits per heavy atom. The summed E-state index contributed by atoms with van der Waals surface area (Å²) in [7, 11) is -2.15. The number of carboxylic acids is 1. The first-order valence-electron chi connectivity index (χ1n) is 7.50. The second kappa shape index (κ2) is 7.76. The van der Waals surface area contributed by atoms with Crippen molar-refractivity contribution in [3.63, 3.8) is 0 Å². The van der Waals surface area contributed by atoms with Crippen LogP contribution in [0.5, 0.6) is 0 Å². The molecule has 0 aromatic heterocycles. The second-order valence-corrected chi connectivity index (χ2v) is 8.68. The van der Waals surface area contributed by atoms with E-state index in [4.69, 9.17) is 5.11 Å². The molecule has 0 spiro atoms. The van der Waals surface area contributed by atoms with Gasteiger partial charge < -0.3 is 14.9 Å². The van der Waals surface area contributed by atoms with Crippen molar-refractivity contribution in [2.24, 2.45) is 5.92 Å². The molecule has 9 heteroatoms. The highest BCUT2D eigenvalue weighted by atomic mass is 32.2. The highest BCUT2D eigenvalue weighted by Crippen LogP contribution is 2.16. The Kier molecular flexibility index (Phi) is 6.55. The lowest BCUT2D eigenvalue weighted by molar-refractivity contribution is -0.147. The zero-order valence-corrected chi connectivity index (χ0v) is 14.5. The maximum Gasteiger partial charge on any atom is 0.308 e. The molecule has 0 aromatic rings. The number of aliphatic carboxylic acids is 1. The third-order valence-electron chi connectivity index (χ3n) is 3.96. The lowest BCUT2D eigenvalue weighted by Crippen LogP contribution is -2.47. The summed E-state index contributed by atoms with van der Waals surface area (Å²) in [5.41, 5.74) is 0. The lowest BCUT2D eigenvalue weighted by Gasteiger charge is -2.32. The average Bonchev–Trinajstić information content (AvgIpc) is 2.46. The molecule has 1 heterocycles. The molecule has 2 amide bonds. The SMILES string of the molecule is CC(C)S(=O)(=O)CC(=O)N(C)CC(=O)N1CCCC(C(=O)O)C1. The summed E-state index contributed by atoms with van der Waals surface area (Å²) in [6, 6.07) is 0. The van der Waals surface area contributed by atoms with Crippen LogP contribution in [0, 0.1) is 5.92 Å². The van der Waals surface area contributed by atoms with Gasteiger partial charge in [-0.05, 0) is 26.7 Å². The molecule has 23 heavy (non-hydrogen) atoms. The molecular formula is C14H24N2O6S. The van der Waals surface area contributed by atoms with E-state index >= 15 is 0 Å². The Bertz CT molecular complexity index is 572. The molecule has 0 saturated carbocycles. The molecule has 1 fully saturated rings. The summed E-state index contributed by atoms with van der Waals surface area (Å²) in [6.07, 6.45) is 1.13. The molecule has 1 aliphatic rings. The molecule has 0 aromatic carbocycles. The van der Waals surface area contributed by atoms with E-state index in [2.05, 4.69) is 0 Å². The van der Waals surface area contributed by atoms with Gasteiger partial charge in [0.2, 0.25) is 11.8 Å². The Labute approximate surface area is 136 Å². The number of hydrogen-bond donors (Lipinski definition) is 1. The van der Waals surface area contributed by atoms with Gasteiger partial charge in [0.1, 0.15) is 5.75 Å². The standard InChI is InChI=1S/C14H24N2O6S/c1-10(2)23(21,22)9-13(18)15(3)8-12(17)16-6-4-5-11(7-16)14(19)20/h10-11H,4-9H2,1-3H3,(H,19,20). The minimum atomic E-state index is -3.52. The van der Waals surface area contributed by atoms with E-state index in [0.717, 1.165) is 4.90 Å². The Hall–Kier alpha value is -1.64. The van der Waals surface area contributed by atoms with Gasteiger partial charge in [-0.25, -0.2) is 8.42 Å². The smallest absolute Gasteiger partial charge is 0.308 e. The van der Waals surface area contributed by atoms with Crippen LogP contribution in [0.1, 0.15) is 26.7 Å². The van der Waals surface area contributed by atoms with Crippen LogP contribution in [-0.4, -0.2) is 78.8 Å². The molecule has 1 aliphatic heterocycles. The molecule has 0 radical (unpaired) electrons. The topological polar surface area (TPSA) is 112 Å². The molecule has 1 N–H and O–H groups in total. The number of amides is 2. The fraction of sp³-hybridized carbons (Fsp3) is 0.786. The van der Waals surface area contributed by atoms with Crippen molar-refractivity contribution in [3.05, 3.63) is 0 Å². The third kappa shape index (κ3) is 5.49. The molecule has 1 unspecified atom stereocenters. The fourth-order valence-corrected chi connectivity index (χ4v) is 3.14. The second-order valence-electron chi connectivity index (χ2n) is 6.12. The summed E-state index contributed by atoms with van der Waals surface area (Å²) in [5, 5.41) is 8.36. The van der Waals surface area contributed by atoms with E-state index < -0.39 is 38.6 Å². The summed E-state index contributed by atoms with van der Waals surface area (Å²) in [6.45, 7) is 3.31. The first-order chi connectivity index (χ1) is 10.5. The van der Waals surface area contributed by atoms with Gasteiger partial charge in [0.25, 0.3) is 0 Å². The van der Waals surface area contributed by atoms with Gasteiger partial charge in [-0.1, -0.05) is 0 Å². The van der Waals surface area contributed by atoms with Gasteiger partial charge in [0, 0.05) is 20.1 Å². The van der Waals surface area contributed by atoms with E-state index in [0.29, 0.717) is 19.4 Å². The Morgan fingerprint density at radius 2 is 1.91 bits per heavy atom. The van der Waals surface area contributed by atoms with Crippen molar-refractivity contribution in [2.75, 3.05) is 32.4 Å². The molecule has 1 saturated heterocycles. The summed E-state index contributed by atoms with van der Waals surface area (Å²) in [5.74, 6) is -3.16. The zero-order valence-electron chi connectivity index (χ0n) is 13.7. The van der Waals surface area contributed by atoms with Crippen molar-refractivity contribution in [2.45, 2.75) is 31.9 Å². The number of likely N-dealkylation sites (N-methyl/N-ethyl adjacent to an activating group) is 1. The van der Waals surface area contributed by atoms with Crippen LogP contribution in [0.2, 0.25) is 0 Å². The number of likely N-dealkylation sites (tertiary alicyclic amines) is 1. The van der Waals surface area contributed by atoms with Crippen molar-refractivity contribution in [3.8, 4) is 0 Å². The molecule has 0 bridgehead atoms. The summed E-state index contributed by atoms with van der Waals surface area (Å²) in [4.78, 5) is 37.6. The lowest BCUT2D eigenvalue weighted by atomic mass is 9.98. The van der Waals surface area contributed by atoms with Crippen molar-refractivity contribution < 1.29 is 27.9 Å². The van der Waals surface area contributed by atoms with Crippen LogP contribution >= 0.6 is 0 Å². The highest BCUT2D eigenvalue weighted by molar-refractivity contribution is 7.92. The van der Waals surface area contributed by atoms with Crippen LogP contribution in [0.4, 0.5) is 0 Å². The molecule has 1 atom stereocenters. The van der Waals surface area contributed by atoms with E-state index in [1.54, 1.807) is 0 Å². The monoisotopic (exact) mass is 348 g/mol. The quantitative estimate of drug-likeness (QED) is 0.698. The number of carbonyl (C=O) groups is 3. The number of rotatable bonds is 6. The average molecular weight is 348 g/mol. The van der Waals surface area contributed by atoms with Gasteiger partial charge in [-0.15, -0.1) is 0 Å². The molecular weight excluding hydrogens is 324 g/mol. The van der Waals surface area contributed by atoms with Gasteiger partial charge in [0.05, 0.1) is 17.7 Å². The van der Waals surface area contributed by atoms with Crippen LogP contribution in [-0.2, 0) is 24.2 Å². The van der Waals surface area contributed by atoms with Gasteiger partial charge >= 0.3 is 5.97 Å². The molecule has 0 aliphatic carbocycles. The number of sulfone groups is 1. The number of hydrogen-bond acceptors (Lipinski definition) is 5. The van der Waals surface area contributed by atoms with E-state index in [-0.39, 0.29) is 19.0 Å². The number of carbonyl (C=O) groups excluding carboxylic acids is 2. The van der Waals surface area contributed by atoms with Gasteiger partial charge in [0.15, 0.2) is 9.84 Å². The van der Waals surface area contributed by atoms with Crippen molar-refractivity contribution in [1.82, 2.24) is 9.80 Å². The Balaban J connectivity index is 2.59. The minimum absolute atomic E-state index is 0.125. The van der Waals surface area contributed by atoms with E-state index in [1.165, 1.54) is 25.8 Å². The number of carboxylic acid groups (broad SMARTS) is 1. The van der Waals surface area contributed by atoms with Gasteiger partial charge in [-0.2, -0.15) is 0 Å². The van der Waals surface area contributed by atoms with Gasteiger partial charge in [-0.3, -0.25) is 14.4 Å².